The zero-order chi connectivity index (χ0) is 8.43. The van der Waals surface area contributed by atoms with Crippen molar-refractivity contribution in [1.29, 1.82) is 0 Å². The van der Waals surface area contributed by atoms with Crippen LogP contribution in [0.5, 0.6) is 0 Å². The van der Waals surface area contributed by atoms with E-state index in [0.29, 0.717) is 0 Å². The molecular formula is C5H6BFN2O2. The topological polar surface area (TPSA) is 79.4 Å². The SMILES string of the molecule is Nc1c(B(O)O)ccnc1F. The third-order valence-electron chi connectivity index (χ3n) is 1.25. The summed E-state index contributed by atoms with van der Waals surface area (Å²) in [5, 5.41) is 17.2. The van der Waals surface area contributed by atoms with Gasteiger partial charge in [0.15, 0.2) is 0 Å². The van der Waals surface area contributed by atoms with Crippen LogP contribution in [0.4, 0.5) is 10.1 Å². The molecule has 0 fully saturated rings. The lowest BCUT2D eigenvalue weighted by Crippen LogP contribution is -2.33. The van der Waals surface area contributed by atoms with Crippen molar-refractivity contribution in [3.63, 3.8) is 0 Å². The molecule has 4 N–H and O–H groups in total. The molecule has 0 saturated heterocycles. The third kappa shape index (κ3) is 1.47. The molecule has 0 aliphatic heterocycles. The molecule has 11 heavy (non-hydrogen) atoms. The van der Waals surface area contributed by atoms with Gasteiger partial charge in [-0.25, -0.2) is 4.98 Å². The van der Waals surface area contributed by atoms with Gasteiger partial charge >= 0.3 is 7.12 Å². The minimum absolute atomic E-state index is 0.0718. The molecule has 1 rings (SSSR count). The van der Waals surface area contributed by atoms with Gasteiger partial charge < -0.3 is 15.8 Å². The highest BCUT2D eigenvalue weighted by Crippen LogP contribution is 2.01. The zero-order valence-electron chi connectivity index (χ0n) is 5.53. The first-order valence-electron chi connectivity index (χ1n) is 2.89. The maximum Gasteiger partial charge on any atom is 0.490 e. The maximum absolute atomic E-state index is 12.5. The van der Waals surface area contributed by atoms with Gasteiger partial charge in [0, 0.05) is 11.7 Å². The first kappa shape index (κ1) is 7.97. The molecule has 0 bridgehead atoms. The van der Waals surface area contributed by atoms with Crippen LogP contribution in [-0.4, -0.2) is 22.2 Å². The van der Waals surface area contributed by atoms with Gasteiger partial charge in [-0.15, -0.1) is 0 Å². The summed E-state index contributed by atoms with van der Waals surface area (Å²) in [6, 6.07) is 1.24. The van der Waals surface area contributed by atoms with Gasteiger partial charge in [0.1, 0.15) is 0 Å². The molecule has 1 aromatic rings. The molecule has 1 aromatic heterocycles. The van der Waals surface area contributed by atoms with Gasteiger partial charge in [-0.1, -0.05) is 0 Å². The Hall–Kier alpha value is -1.14. The number of hydrogen-bond acceptors (Lipinski definition) is 4. The summed E-state index contributed by atoms with van der Waals surface area (Å²) in [4.78, 5) is 3.21. The predicted molar refractivity (Wildman–Crippen MR) is 38.4 cm³/mol. The first-order valence-corrected chi connectivity index (χ1v) is 2.89. The van der Waals surface area contributed by atoms with E-state index in [-0.39, 0.29) is 11.2 Å². The Morgan fingerprint density at radius 2 is 2.18 bits per heavy atom. The third-order valence-corrected chi connectivity index (χ3v) is 1.25. The van der Waals surface area contributed by atoms with E-state index in [2.05, 4.69) is 4.98 Å². The van der Waals surface area contributed by atoms with Crippen molar-refractivity contribution in [3.05, 3.63) is 18.2 Å². The lowest BCUT2D eigenvalue weighted by molar-refractivity contribution is 0.425. The summed E-state index contributed by atoms with van der Waals surface area (Å²) < 4.78 is 12.5. The van der Waals surface area contributed by atoms with Gasteiger partial charge in [0.2, 0.25) is 5.95 Å². The van der Waals surface area contributed by atoms with Crippen LogP contribution < -0.4 is 11.2 Å². The summed E-state index contributed by atoms with van der Waals surface area (Å²) in [6.07, 6.45) is 1.11. The van der Waals surface area contributed by atoms with Gasteiger partial charge in [-0.05, 0) is 6.07 Å². The second kappa shape index (κ2) is 2.85. The number of halogens is 1. The molecule has 0 radical (unpaired) electrons. The average Bonchev–Trinajstić information content (AvgIpc) is 1.94. The molecule has 0 aliphatic rings. The zero-order valence-corrected chi connectivity index (χ0v) is 5.53. The van der Waals surface area contributed by atoms with Gasteiger partial charge in [-0.3, -0.25) is 0 Å². The molecule has 6 heteroatoms. The summed E-state index contributed by atoms with van der Waals surface area (Å²) in [7, 11) is -1.76. The quantitative estimate of drug-likeness (QED) is 0.340. The number of aromatic nitrogens is 1. The van der Waals surface area contributed by atoms with Crippen molar-refractivity contribution in [2.24, 2.45) is 0 Å². The molecule has 4 nitrogen and oxygen atoms in total. The van der Waals surface area contributed by atoms with Crippen LogP contribution in [0, 0.1) is 5.95 Å². The number of anilines is 1. The van der Waals surface area contributed by atoms with E-state index in [1.165, 1.54) is 6.07 Å². The van der Waals surface area contributed by atoms with E-state index in [0.717, 1.165) is 6.20 Å². The number of rotatable bonds is 1. The highest BCUT2D eigenvalue weighted by atomic mass is 19.1. The van der Waals surface area contributed by atoms with Crippen molar-refractivity contribution in [2.75, 3.05) is 5.73 Å². The molecule has 0 atom stereocenters. The standard InChI is InChI=1S/C5H6BFN2O2/c7-5-4(8)3(6(10)11)1-2-9-5/h1-2,10-11H,8H2. The van der Waals surface area contributed by atoms with Crippen molar-refractivity contribution in [3.8, 4) is 0 Å². The number of nitrogens with two attached hydrogens (primary N) is 1. The maximum atomic E-state index is 12.5. The second-order valence-electron chi connectivity index (χ2n) is 1.98. The van der Waals surface area contributed by atoms with E-state index in [4.69, 9.17) is 15.8 Å². The number of nitrogen functional groups attached to an aromatic ring is 1. The number of hydrogen-bond donors (Lipinski definition) is 3. The minimum atomic E-state index is -1.76. The Kier molecular flexibility index (Phi) is 2.07. The van der Waals surface area contributed by atoms with Crippen molar-refractivity contribution < 1.29 is 14.4 Å². The second-order valence-corrected chi connectivity index (χ2v) is 1.98. The Balaban J connectivity index is 3.17. The Morgan fingerprint density at radius 3 is 2.64 bits per heavy atom. The molecule has 0 amide bonds. The summed E-state index contributed by atoms with van der Waals surface area (Å²) in [5.41, 5.74) is 4.72. The monoisotopic (exact) mass is 156 g/mol. The van der Waals surface area contributed by atoms with E-state index in [1.54, 1.807) is 0 Å². The largest absolute Gasteiger partial charge is 0.490 e. The molecule has 0 aromatic carbocycles. The normalized spacial score (nSPS) is 9.73. The highest BCUT2D eigenvalue weighted by molar-refractivity contribution is 6.60. The molecular weight excluding hydrogens is 150 g/mol. The van der Waals surface area contributed by atoms with Crippen molar-refractivity contribution in [2.45, 2.75) is 0 Å². The van der Waals surface area contributed by atoms with E-state index in [1.807, 2.05) is 0 Å². The highest BCUT2D eigenvalue weighted by Gasteiger charge is 2.16. The Morgan fingerprint density at radius 1 is 1.55 bits per heavy atom. The van der Waals surface area contributed by atoms with Crippen LogP contribution in [0.15, 0.2) is 12.3 Å². The van der Waals surface area contributed by atoms with Crippen molar-refractivity contribution >= 4 is 18.3 Å². The predicted octanol–water partition coefficient (Wildman–Crippen LogP) is -1.52. The molecule has 0 unspecified atom stereocenters. The van der Waals surface area contributed by atoms with Crippen LogP contribution in [0.2, 0.25) is 0 Å². The smallest absolute Gasteiger partial charge is 0.423 e. The van der Waals surface area contributed by atoms with Crippen LogP contribution in [0.3, 0.4) is 0 Å². The summed E-state index contributed by atoms with van der Waals surface area (Å²) in [5.74, 6) is -0.893. The van der Waals surface area contributed by atoms with Crippen LogP contribution in [-0.2, 0) is 0 Å². The minimum Gasteiger partial charge on any atom is -0.423 e. The number of pyridine rings is 1. The van der Waals surface area contributed by atoms with E-state index in [9.17, 15) is 4.39 Å². The molecule has 1 heterocycles. The fraction of sp³-hybridized carbons (Fsp3) is 0. The lowest BCUT2D eigenvalue weighted by Gasteiger charge is -2.02. The lowest BCUT2D eigenvalue weighted by atomic mass is 9.80. The Labute approximate surface area is 62.6 Å². The van der Waals surface area contributed by atoms with Gasteiger partial charge in [0.05, 0.1) is 5.69 Å². The van der Waals surface area contributed by atoms with E-state index < -0.39 is 13.1 Å². The fourth-order valence-electron chi connectivity index (χ4n) is 0.687. The fourth-order valence-corrected chi connectivity index (χ4v) is 0.687. The van der Waals surface area contributed by atoms with Crippen LogP contribution >= 0.6 is 0 Å². The summed E-state index contributed by atoms with van der Waals surface area (Å²) in [6.45, 7) is 0. The van der Waals surface area contributed by atoms with Crippen molar-refractivity contribution in [1.82, 2.24) is 4.98 Å². The molecule has 0 spiro atoms. The number of nitrogens with zero attached hydrogens (tertiary/aromatic N) is 1. The van der Waals surface area contributed by atoms with Gasteiger partial charge in [0.25, 0.3) is 0 Å². The van der Waals surface area contributed by atoms with Crippen LogP contribution in [0.1, 0.15) is 0 Å². The molecule has 58 valence electrons. The molecule has 0 aliphatic carbocycles. The van der Waals surface area contributed by atoms with Crippen LogP contribution in [0.25, 0.3) is 0 Å². The van der Waals surface area contributed by atoms with E-state index >= 15 is 0 Å². The van der Waals surface area contributed by atoms with Gasteiger partial charge in [-0.2, -0.15) is 4.39 Å². The average molecular weight is 156 g/mol. The molecule has 0 saturated carbocycles. The summed E-state index contributed by atoms with van der Waals surface area (Å²) >= 11 is 0. The Bertz CT molecular complexity index is 269. The first-order chi connectivity index (χ1) is 5.13.